The monoisotopic (exact) mass is 368 g/mol. The minimum Gasteiger partial charge on any atom is -0.504 e. The fraction of sp³-hybridized carbons (Fsp3) is 0.312. The number of amides is 2. The van der Waals surface area contributed by atoms with Crippen molar-refractivity contribution in [3.05, 3.63) is 41.7 Å². The van der Waals surface area contributed by atoms with E-state index in [1.165, 1.54) is 12.1 Å². The van der Waals surface area contributed by atoms with Crippen LogP contribution in [0.2, 0.25) is 0 Å². The number of hydrazine groups is 1. The highest BCUT2D eigenvalue weighted by atomic mass is 19.4. The van der Waals surface area contributed by atoms with Crippen LogP contribution in [0.1, 0.15) is 29.4 Å². The number of hydrogen-bond donors (Lipinski definition) is 3. The number of carbonyl (C=O) groups excluding carboxylic acids is 2. The van der Waals surface area contributed by atoms with Gasteiger partial charge in [0.2, 0.25) is 5.91 Å². The number of rotatable bonds is 3. The van der Waals surface area contributed by atoms with Crippen LogP contribution in [0.4, 0.5) is 13.2 Å². The summed E-state index contributed by atoms with van der Waals surface area (Å²) >= 11 is 0. The van der Waals surface area contributed by atoms with Crippen molar-refractivity contribution in [2.75, 3.05) is 0 Å². The predicted molar refractivity (Wildman–Crippen MR) is 83.1 cm³/mol. The summed E-state index contributed by atoms with van der Waals surface area (Å²) in [6, 6.07) is 4.62. The van der Waals surface area contributed by atoms with E-state index in [0.29, 0.717) is 0 Å². The number of halogens is 3. The van der Waals surface area contributed by atoms with E-state index in [-0.39, 0.29) is 23.4 Å². The van der Waals surface area contributed by atoms with E-state index in [2.05, 4.69) is 16.0 Å². The Morgan fingerprint density at radius 3 is 2.54 bits per heavy atom. The standard InChI is InChI=1S/C16H15F3N4O3/c1-8-6-9(8)14(25)20-21-15(26)13-12(24)7-23(22-13)11-5-3-2-4-10(11)16(17,18)19/h2-5,7-9,24H,6H2,1H3,(H,20,25)(H,21,26)/t8-,9-/m1/s1. The van der Waals surface area contributed by atoms with Crippen LogP contribution in [0, 0.1) is 11.8 Å². The average Bonchev–Trinajstić information content (AvgIpc) is 3.19. The smallest absolute Gasteiger partial charge is 0.418 e. The summed E-state index contributed by atoms with van der Waals surface area (Å²) in [5, 5.41) is 13.6. The third-order valence-corrected chi connectivity index (χ3v) is 4.11. The lowest BCUT2D eigenvalue weighted by Crippen LogP contribution is -2.42. The number of carbonyl (C=O) groups is 2. The number of hydrogen-bond acceptors (Lipinski definition) is 4. The lowest BCUT2D eigenvalue weighted by Gasteiger charge is -2.12. The van der Waals surface area contributed by atoms with E-state index < -0.39 is 29.1 Å². The second-order valence-corrected chi connectivity index (χ2v) is 6.09. The van der Waals surface area contributed by atoms with Crippen molar-refractivity contribution in [1.82, 2.24) is 20.6 Å². The summed E-state index contributed by atoms with van der Waals surface area (Å²) in [5.41, 5.74) is 2.48. The highest BCUT2D eigenvalue weighted by Crippen LogP contribution is 2.37. The van der Waals surface area contributed by atoms with Gasteiger partial charge < -0.3 is 5.11 Å². The molecule has 0 unspecified atom stereocenters. The Bertz CT molecular complexity index is 863. The van der Waals surface area contributed by atoms with Crippen molar-refractivity contribution in [1.29, 1.82) is 0 Å². The summed E-state index contributed by atoms with van der Waals surface area (Å²) in [7, 11) is 0. The maximum atomic E-state index is 13.1. The summed E-state index contributed by atoms with van der Waals surface area (Å²) < 4.78 is 40.0. The minimum absolute atomic E-state index is 0.180. The lowest BCUT2D eigenvalue weighted by atomic mass is 10.2. The fourth-order valence-electron chi connectivity index (χ4n) is 2.52. The summed E-state index contributed by atoms with van der Waals surface area (Å²) in [5.74, 6) is -1.87. The molecule has 0 spiro atoms. The molecule has 7 nitrogen and oxygen atoms in total. The summed E-state index contributed by atoms with van der Waals surface area (Å²) in [6.45, 7) is 1.89. The molecule has 1 heterocycles. The number of nitrogens with zero attached hydrogens (tertiary/aromatic N) is 2. The van der Waals surface area contributed by atoms with Gasteiger partial charge in [0.25, 0.3) is 5.91 Å². The van der Waals surface area contributed by atoms with Crippen molar-refractivity contribution < 1.29 is 27.9 Å². The number of para-hydroxylation sites is 1. The Morgan fingerprint density at radius 1 is 1.27 bits per heavy atom. The van der Waals surface area contributed by atoms with Gasteiger partial charge in [-0.25, -0.2) is 4.68 Å². The van der Waals surface area contributed by atoms with Crippen LogP contribution in [0.25, 0.3) is 5.69 Å². The van der Waals surface area contributed by atoms with Gasteiger partial charge in [0, 0.05) is 5.92 Å². The van der Waals surface area contributed by atoms with Gasteiger partial charge in [-0.2, -0.15) is 18.3 Å². The molecule has 0 saturated heterocycles. The van der Waals surface area contributed by atoms with Gasteiger partial charge in [0.1, 0.15) is 0 Å². The second kappa shape index (κ2) is 6.36. The van der Waals surface area contributed by atoms with E-state index in [1.807, 2.05) is 6.92 Å². The third kappa shape index (κ3) is 3.48. The molecule has 0 radical (unpaired) electrons. The van der Waals surface area contributed by atoms with Gasteiger partial charge in [-0.15, -0.1) is 0 Å². The van der Waals surface area contributed by atoms with Gasteiger partial charge in [-0.3, -0.25) is 20.4 Å². The molecule has 0 bridgehead atoms. The van der Waals surface area contributed by atoms with Crippen molar-refractivity contribution in [2.24, 2.45) is 11.8 Å². The zero-order valence-corrected chi connectivity index (χ0v) is 13.5. The van der Waals surface area contributed by atoms with Crippen molar-refractivity contribution in [2.45, 2.75) is 19.5 Å². The molecule has 1 aliphatic rings. The molecule has 1 fully saturated rings. The fourth-order valence-corrected chi connectivity index (χ4v) is 2.52. The van der Waals surface area contributed by atoms with Gasteiger partial charge in [0.15, 0.2) is 11.4 Å². The van der Waals surface area contributed by atoms with Crippen LogP contribution in [-0.4, -0.2) is 26.7 Å². The van der Waals surface area contributed by atoms with Crippen molar-refractivity contribution in [3.8, 4) is 11.4 Å². The molecular formula is C16H15F3N4O3. The second-order valence-electron chi connectivity index (χ2n) is 6.09. The zero-order valence-electron chi connectivity index (χ0n) is 13.5. The van der Waals surface area contributed by atoms with E-state index >= 15 is 0 Å². The first kappa shape index (κ1) is 17.8. The number of benzene rings is 1. The van der Waals surface area contributed by atoms with Gasteiger partial charge in [-0.1, -0.05) is 19.1 Å². The molecule has 3 N–H and O–H groups in total. The molecule has 2 aromatic rings. The topological polar surface area (TPSA) is 96.3 Å². The van der Waals surface area contributed by atoms with Crippen molar-refractivity contribution >= 4 is 11.8 Å². The molecule has 26 heavy (non-hydrogen) atoms. The van der Waals surface area contributed by atoms with E-state index in [0.717, 1.165) is 29.4 Å². The maximum Gasteiger partial charge on any atom is 0.418 e. The highest BCUT2D eigenvalue weighted by Gasteiger charge is 2.39. The Balaban J connectivity index is 1.79. The first-order valence-corrected chi connectivity index (χ1v) is 7.74. The van der Waals surface area contributed by atoms with Crippen LogP contribution in [0.3, 0.4) is 0 Å². The van der Waals surface area contributed by atoms with Crippen LogP contribution >= 0.6 is 0 Å². The predicted octanol–water partition coefficient (Wildman–Crippen LogP) is 2.01. The molecule has 3 rings (SSSR count). The molecule has 0 aliphatic heterocycles. The van der Waals surface area contributed by atoms with E-state index in [9.17, 15) is 27.9 Å². The van der Waals surface area contributed by atoms with Crippen LogP contribution in [0.5, 0.6) is 5.75 Å². The normalized spacial score (nSPS) is 19.1. The molecule has 10 heteroatoms. The first-order valence-electron chi connectivity index (χ1n) is 7.74. The van der Waals surface area contributed by atoms with E-state index in [4.69, 9.17) is 0 Å². The average molecular weight is 368 g/mol. The van der Waals surface area contributed by atoms with Gasteiger partial charge >= 0.3 is 6.18 Å². The number of aromatic hydroxyl groups is 1. The number of aromatic nitrogens is 2. The molecule has 1 aromatic heterocycles. The number of alkyl halides is 3. The summed E-state index contributed by atoms with van der Waals surface area (Å²) in [6.07, 6.45) is -3.02. The Morgan fingerprint density at radius 2 is 1.92 bits per heavy atom. The zero-order chi connectivity index (χ0) is 19.1. The van der Waals surface area contributed by atoms with Crippen LogP contribution < -0.4 is 10.9 Å². The van der Waals surface area contributed by atoms with Crippen molar-refractivity contribution in [3.63, 3.8) is 0 Å². The quantitative estimate of drug-likeness (QED) is 0.722. The number of nitrogens with one attached hydrogen (secondary N) is 2. The SMILES string of the molecule is C[C@@H]1C[C@H]1C(=O)NNC(=O)c1nn(-c2ccccc2C(F)(F)F)cc1O. The lowest BCUT2D eigenvalue weighted by molar-refractivity contribution is -0.137. The Kier molecular flexibility index (Phi) is 4.34. The first-order chi connectivity index (χ1) is 12.2. The third-order valence-electron chi connectivity index (χ3n) is 4.11. The molecule has 2 atom stereocenters. The largest absolute Gasteiger partial charge is 0.504 e. The van der Waals surface area contributed by atoms with Gasteiger partial charge in [0.05, 0.1) is 17.4 Å². The Labute approximate surface area is 145 Å². The Hall–Kier alpha value is -3.04. The van der Waals surface area contributed by atoms with Crippen LogP contribution in [-0.2, 0) is 11.0 Å². The summed E-state index contributed by atoms with van der Waals surface area (Å²) in [4.78, 5) is 23.7. The van der Waals surface area contributed by atoms with E-state index in [1.54, 1.807) is 0 Å². The molecule has 1 aromatic carbocycles. The molecule has 1 aliphatic carbocycles. The van der Waals surface area contributed by atoms with Crippen LogP contribution in [0.15, 0.2) is 30.5 Å². The molecule has 1 saturated carbocycles. The molecule has 138 valence electrons. The minimum atomic E-state index is -4.63. The van der Waals surface area contributed by atoms with Gasteiger partial charge in [-0.05, 0) is 24.5 Å². The maximum absolute atomic E-state index is 13.1. The molecular weight excluding hydrogens is 353 g/mol. The highest BCUT2D eigenvalue weighted by molar-refractivity contribution is 5.96. The molecule has 2 amide bonds.